The van der Waals surface area contributed by atoms with Crippen molar-refractivity contribution in [2.75, 3.05) is 19.6 Å². The highest BCUT2D eigenvalue weighted by Crippen LogP contribution is 2.25. The molecule has 1 amide bonds. The van der Waals surface area contributed by atoms with Crippen molar-refractivity contribution < 1.29 is 4.79 Å². The SMILES string of the molecule is Cc1ccc(-n2cc(C(=O)NCC3CNC3)c(C(C)(C)C)n2)cc1.Cl. The Labute approximate surface area is 155 Å². The minimum absolute atomic E-state index is 0. The van der Waals surface area contributed by atoms with E-state index < -0.39 is 0 Å². The number of carbonyl (C=O) groups excluding carboxylic acids is 1. The van der Waals surface area contributed by atoms with Gasteiger partial charge in [-0.1, -0.05) is 38.5 Å². The number of benzene rings is 1. The maximum atomic E-state index is 12.7. The molecule has 6 heteroatoms. The molecule has 2 N–H and O–H groups in total. The van der Waals surface area contributed by atoms with Gasteiger partial charge in [-0.25, -0.2) is 4.68 Å². The predicted octanol–water partition coefficient (Wildman–Crippen LogP) is 2.85. The van der Waals surface area contributed by atoms with Crippen molar-refractivity contribution in [1.29, 1.82) is 0 Å². The lowest BCUT2D eigenvalue weighted by molar-refractivity contribution is 0.0940. The highest BCUT2D eigenvalue weighted by atomic mass is 35.5. The normalized spacial score (nSPS) is 14.6. The van der Waals surface area contributed by atoms with Crippen molar-refractivity contribution in [1.82, 2.24) is 20.4 Å². The van der Waals surface area contributed by atoms with E-state index in [1.165, 1.54) is 5.56 Å². The number of nitrogens with zero attached hydrogens (tertiary/aromatic N) is 2. The van der Waals surface area contributed by atoms with Crippen LogP contribution in [0.25, 0.3) is 5.69 Å². The molecular formula is C19H27ClN4O. The largest absolute Gasteiger partial charge is 0.352 e. The molecule has 136 valence electrons. The van der Waals surface area contributed by atoms with Crippen LogP contribution in [-0.4, -0.2) is 35.3 Å². The van der Waals surface area contributed by atoms with Crippen molar-refractivity contribution in [3.05, 3.63) is 47.3 Å². The Morgan fingerprint density at radius 3 is 2.44 bits per heavy atom. The molecule has 0 atom stereocenters. The van der Waals surface area contributed by atoms with Crippen LogP contribution < -0.4 is 10.6 Å². The van der Waals surface area contributed by atoms with Crippen molar-refractivity contribution >= 4 is 18.3 Å². The molecule has 1 saturated heterocycles. The van der Waals surface area contributed by atoms with E-state index in [9.17, 15) is 4.79 Å². The molecule has 1 aliphatic rings. The molecule has 0 saturated carbocycles. The number of rotatable bonds is 4. The molecule has 3 rings (SSSR count). The molecule has 1 aromatic heterocycles. The van der Waals surface area contributed by atoms with Crippen LogP contribution in [0.15, 0.2) is 30.5 Å². The van der Waals surface area contributed by atoms with Gasteiger partial charge in [0.25, 0.3) is 5.91 Å². The number of carbonyl (C=O) groups is 1. The smallest absolute Gasteiger partial charge is 0.254 e. The van der Waals surface area contributed by atoms with Gasteiger partial charge in [-0.2, -0.15) is 5.10 Å². The second-order valence-electron chi connectivity index (χ2n) is 7.66. The van der Waals surface area contributed by atoms with E-state index in [1.807, 2.05) is 18.3 Å². The van der Waals surface area contributed by atoms with Gasteiger partial charge in [0.1, 0.15) is 0 Å². The Balaban J connectivity index is 0.00000225. The Hall–Kier alpha value is -1.85. The summed E-state index contributed by atoms with van der Waals surface area (Å²) in [6, 6.07) is 8.15. The standard InChI is InChI=1S/C19H26N4O.ClH/c1-13-5-7-15(8-6-13)23-12-16(17(22-23)19(2,3)4)18(24)21-11-14-9-20-10-14;/h5-8,12,14,20H,9-11H2,1-4H3,(H,21,24);1H. The van der Waals surface area contributed by atoms with Gasteiger partial charge in [-0.15, -0.1) is 12.4 Å². The van der Waals surface area contributed by atoms with Crippen molar-refractivity contribution in [2.24, 2.45) is 5.92 Å². The number of nitrogens with one attached hydrogen (secondary N) is 2. The van der Waals surface area contributed by atoms with E-state index in [0.29, 0.717) is 18.0 Å². The molecule has 5 nitrogen and oxygen atoms in total. The van der Waals surface area contributed by atoms with E-state index in [4.69, 9.17) is 5.10 Å². The fourth-order valence-corrected chi connectivity index (χ4v) is 2.75. The molecule has 0 unspecified atom stereocenters. The third kappa shape index (κ3) is 4.41. The summed E-state index contributed by atoms with van der Waals surface area (Å²) in [4.78, 5) is 12.7. The van der Waals surface area contributed by atoms with Crippen LogP contribution in [0.5, 0.6) is 0 Å². The topological polar surface area (TPSA) is 59.0 Å². The summed E-state index contributed by atoms with van der Waals surface area (Å²) in [7, 11) is 0. The fraction of sp³-hybridized carbons (Fsp3) is 0.474. The molecule has 0 radical (unpaired) electrons. The van der Waals surface area contributed by atoms with Crippen LogP contribution in [0, 0.1) is 12.8 Å². The molecular weight excluding hydrogens is 336 g/mol. The zero-order valence-corrected chi connectivity index (χ0v) is 16.1. The minimum atomic E-state index is -0.194. The van der Waals surface area contributed by atoms with Crippen molar-refractivity contribution in [3.8, 4) is 5.69 Å². The summed E-state index contributed by atoms with van der Waals surface area (Å²) >= 11 is 0. The van der Waals surface area contributed by atoms with Gasteiger partial charge in [-0.3, -0.25) is 4.79 Å². The number of hydrogen-bond donors (Lipinski definition) is 2. The average molecular weight is 363 g/mol. The van der Waals surface area contributed by atoms with E-state index in [-0.39, 0.29) is 23.7 Å². The van der Waals surface area contributed by atoms with Crippen LogP contribution in [0.1, 0.15) is 42.4 Å². The van der Waals surface area contributed by atoms with Gasteiger partial charge in [-0.05, 0) is 19.1 Å². The van der Waals surface area contributed by atoms with Gasteiger partial charge in [0.15, 0.2) is 0 Å². The summed E-state index contributed by atoms with van der Waals surface area (Å²) < 4.78 is 1.81. The van der Waals surface area contributed by atoms with Crippen LogP contribution in [0.2, 0.25) is 0 Å². The Bertz CT molecular complexity index is 727. The van der Waals surface area contributed by atoms with E-state index in [0.717, 1.165) is 24.5 Å². The zero-order valence-electron chi connectivity index (χ0n) is 15.3. The van der Waals surface area contributed by atoms with Gasteiger partial charge in [0.05, 0.1) is 16.9 Å². The first-order valence-corrected chi connectivity index (χ1v) is 8.50. The molecule has 0 spiro atoms. The maximum Gasteiger partial charge on any atom is 0.254 e. The average Bonchev–Trinajstić information content (AvgIpc) is 2.91. The van der Waals surface area contributed by atoms with Gasteiger partial charge in [0.2, 0.25) is 0 Å². The van der Waals surface area contributed by atoms with Gasteiger partial charge < -0.3 is 10.6 Å². The third-order valence-corrected chi connectivity index (χ3v) is 4.39. The first-order valence-electron chi connectivity index (χ1n) is 8.50. The Morgan fingerprint density at radius 1 is 1.28 bits per heavy atom. The summed E-state index contributed by atoms with van der Waals surface area (Å²) in [5, 5.41) is 11.0. The number of halogens is 1. The lowest BCUT2D eigenvalue weighted by Gasteiger charge is -2.27. The van der Waals surface area contributed by atoms with E-state index in [1.54, 1.807) is 4.68 Å². The second-order valence-corrected chi connectivity index (χ2v) is 7.66. The predicted molar refractivity (Wildman–Crippen MR) is 103 cm³/mol. The number of aromatic nitrogens is 2. The minimum Gasteiger partial charge on any atom is -0.352 e. The van der Waals surface area contributed by atoms with E-state index >= 15 is 0 Å². The van der Waals surface area contributed by atoms with Crippen LogP contribution in [-0.2, 0) is 5.41 Å². The summed E-state index contributed by atoms with van der Waals surface area (Å²) in [5.74, 6) is 0.504. The zero-order chi connectivity index (χ0) is 17.3. The molecule has 2 aromatic rings. The van der Waals surface area contributed by atoms with Crippen molar-refractivity contribution in [3.63, 3.8) is 0 Å². The van der Waals surface area contributed by atoms with Crippen LogP contribution >= 0.6 is 12.4 Å². The molecule has 1 fully saturated rings. The quantitative estimate of drug-likeness (QED) is 0.879. The maximum absolute atomic E-state index is 12.7. The Kier molecular flexibility index (Phi) is 5.91. The molecule has 0 bridgehead atoms. The lowest BCUT2D eigenvalue weighted by atomic mass is 9.89. The molecule has 25 heavy (non-hydrogen) atoms. The first kappa shape index (κ1) is 19.5. The van der Waals surface area contributed by atoms with Gasteiger partial charge >= 0.3 is 0 Å². The number of hydrogen-bond acceptors (Lipinski definition) is 3. The summed E-state index contributed by atoms with van der Waals surface area (Å²) in [6.45, 7) is 11.0. The molecule has 1 aromatic carbocycles. The molecule has 0 aliphatic carbocycles. The first-order chi connectivity index (χ1) is 11.3. The highest BCUT2D eigenvalue weighted by Gasteiger charge is 2.27. The van der Waals surface area contributed by atoms with Crippen LogP contribution in [0.4, 0.5) is 0 Å². The monoisotopic (exact) mass is 362 g/mol. The lowest BCUT2D eigenvalue weighted by Crippen LogP contribution is -2.48. The van der Waals surface area contributed by atoms with Gasteiger partial charge in [0, 0.05) is 37.2 Å². The number of aryl methyl sites for hydroxylation is 1. The van der Waals surface area contributed by atoms with Crippen LogP contribution in [0.3, 0.4) is 0 Å². The second kappa shape index (κ2) is 7.58. The fourth-order valence-electron chi connectivity index (χ4n) is 2.75. The highest BCUT2D eigenvalue weighted by molar-refractivity contribution is 5.95. The summed E-state index contributed by atoms with van der Waals surface area (Å²) in [6.07, 6.45) is 1.85. The van der Waals surface area contributed by atoms with Crippen molar-refractivity contribution in [2.45, 2.75) is 33.1 Å². The summed E-state index contributed by atoms with van der Waals surface area (Å²) in [5.41, 5.74) is 3.46. The van der Waals surface area contributed by atoms with E-state index in [2.05, 4.69) is 50.5 Å². The third-order valence-electron chi connectivity index (χ3n) is 4.39. The number of amides is 1. The Morgan fingerprint density at radius 2 is 1.92 bits per heavy atom. The molecule has 1 aliphatic heterocycles. The molecule has 2 heterocycles.